The molecule has 1 saturated heterocycles. The van der Waals surface area contributed by atoms with Crippen LogP contribution in [0.2, 0.25) is 5.02 Å². The Morgan fingerprint density at radius 2 is 2.00 bits per heavy atom. The number of carbonyl (C=O) groups excluding carboxylic acids is 2. The van der Waals surface area contributed by atoms with E-state index < -0.39 is 0 Å². The third kappa shape index (κ3) is 4.37. The van der Waals surface area contributed by atoms with Gasteiger partial charge in [-0.2, -0.15) is 0 Å². The highest BCUT2D eigenvalue weighted by atomic mass is 35.5. The van der Waals surface area contributed by atoms with Crippen molar-refractivity contribution >= 4 is 35.2 Å². The number of amides is 1. The van der Waals surface area contributed by atoms with Crippen molar-refractivity contribution in [2.75, 3.05) is 19.6 Å². The summed E-state index contributed by atoms with van der Waals surface area (Å²) in [5.41, 5.74) is 7.69. The molecule has 1 aromatic heterocycles. The van der Waals surface area contributed by atoms with Crippen LogP contribution in [0.3, 0.4) is 0 Å². The van der Waals surface area contributed by atoms with Crippen LogP contribution in [-0.2, 0) is 35.5 Å². The summed E-state index contributed by atoms with van der Waals surface area (Å²) < 4.78 is 2.31. The molecule has 1 amide bonds. The number of hydrogen-bond donors (Lipinski definition) is 0. The molecule has 0 N–H and O–H groups in total. The molecule has 7 nitrogen and oxygen atoms in total. The number of fused-ring (bicyclic) bond motifs is 4. The van der Waals surface area contributed by atoms with E-state index in [1.165, 1.54) is 16.8 Å². The maximum atomic E-state index is 13.6. The van der Waals surface area contributed by atoms with Gasteiger partial charge < -0.3 is 9.47 Å². The predicted molar refractivity (Wildman–Crippen MR) is 145 cm³/mol. The molecule has 0 radical (unpaired) electrons. The highest BCUT2D eigenvalue weighted by Gasteiger charge is 2.33. The highest BCUT2D eigenvalue weighted by molar-refractivity contribution is 6.32. The largest absolute Gasteiger partial charge is 0.343 e. The van der Waals surface area contributed by atoms with Gasteiger partial charge in [-0.25, -0.2) is 4.98 Å². The van der Waals surface area contributed by atoms with E-state index in [2.05, 4.69) is 27.5 Å². The summed E-state index contributed by atoms with van der Waals surface area (Å²) in [7, 11) is 0. The second-order valence-corrected chi connectivity index (χ2v) is 11.1. The quantitative estimate of drug-likeness (QED) is 0.606. The Morgan fingerprint density at radius 3 is 2.78 bits per heavy atom. The van der Waals surface area contributed by atoms with Gasteiger partial charge >= 0.3 is 0 Å². The number of hydrogen-bond acceptors (Lipinski definition) is 5. The molecular formula is C29H32ClN5O2. The Bertz CT molecular complexity index is 1380. The van der Waals surface area contributed by atoms with Crippen LogP contribution in [0.1, 0.15) is 72.8 Å². The van der Waals surface area contributed by atoms with Crippen molar-refractivity contribution in [3.8, 4) is 0 Å². The molecule has 37 heavy (non-hydrogen) atoms. The molecule has 0 saturated carbocycles. The Kier molecular flexibility index (Phi) is 6.35. The average Bonchev–Trinajstić information content (AvgIpc) is 3.52. The van der Waals surface area contributed by atoms with Crippen LogP contribution in [-0.4, -0.2) is 57.7 Å². The number of piperidine rings is 1. The molecule has 2 aromatic rings. The molecule has 1 aromatic carbocycles. The van der Waals surface area contributed by atoms with Gasteiger partial charge in [0.05, 0.1) is 6.54 Å². The van der Waals surface area contributed by atoms with Gasteiger partial charge in [0.15, 0.2) is 5.78 Å². The first-order valence-electron chi connectivity index (χ1n) is 13.3. The van der Waals surface area contributed by atoms with Crippen molar-refractivity contribution in [2.24, 2.45) is 15.9 Å². The molecule has 1 atom stereocenters. The molecular weight excluding hydrogens is 486 g/mol. The number of dihydropyridines is 1. The number of halogens is 1. The van der Waals surface area contributed by atoms with Gasteiger partial charge in [-0.05, 0) is 61.8 Å². The fraction of sp³-hybridized carbons (Fsp3) is 0.483. The summed E-state index contributed by atoms with van der Waals surface area (Å²) >= 11 is 6.66. The number of nitrogens with zero attached hydrogens (tertiary/aromatic N) is 5. The summed E-state index contributed by atoms with van der Waals surface area (Å²) in [4.78, 5) is 41.5. The molecule has 0 bridgehead atoms. The lowest BCUT2D eigenvalue weighted by Gasteiger charge is -2.34. The van der Waals surface area contributed by atoms with Crippen LogP contribution in [0.4, 0.5) is 0 Å². The van der Waals surface area contributed by atoms with E-state index in [1.54, 1.807) is 0 Å². The number of allylic oxidation sites excluding steroid dienone is 1. The number of aliphatic imine (C=N–C) groups is 2. The molecule has 4 aliphatic rings. The Balaban J connectivity index is 1.22. The van der Waals surface area contributed by atoms with Crippen molar-refractivity contribution in [1.29, 1.82) is 0 Å². The Labute approximate surface area is 222 Å². The van der Waals surface area contributed by atoms with E-state index in [9.17, 15) is 9.59 Å². The van der Waals surface area contributed by atoms with Crippen LogP contribution in [0, 0.1) is 5.92 Å². The predicted octanol–water partition coefficient (Wildman–Crippen LogP) is 4.32. The summed E-state index contributed by atoms with van der Waals surface area (Å²) in [6.45, 7) is 7.07. The fourth-order valence-electron chi connectivity index (χ4n) is 6.38. The number of rotatable bonds is 4. The van der Waals surface area contributed by atoms with Crippen molar-refractivity contribution in [1.82, 2.24) is 14.5 Å². The normalized spacial score (nSPS) is 21.2. The fourth-order valence-corrected chi connectivity index (χ4v) is 6.68. The Morgan fingerprint density at radius 1 is 1.19 bits per heavy atom. The summed E-state index contributed by atoms with van der Waals surface area (Å²) in [6.07, 6.45) is 9.54. The first kappa shape index (κ1) is 24.3. The summed E-state index contributed by atoms with van der Waals surface area (Å²) in [5, 5.41) is 0.764. The monoisotopic (exact) mass is 517 g/mol. The van der Waals surface area contributed by atoms with Crippen LogP contribution >= 0.6 is 11.6 Å². The van der Waals surface area contributed by atoms with E-state index in [4.69, 9.17) is 16.6 Å². The van der Waals surface area contributed by atoms with Gasteiger partial charge in [-0.15, -0.1) is 0 Å². The van der Waals surface area contributed by atoms with Crippen molar-refractivity contribution in [2.45, 2.75) is 65.0 Å². The number of likely N-dealkylation sites (tertiary alicyclic amines) is 1. The minimum Gasteiger partial charge on any atom is -0.343 e. The van der Waals surface area contributed by atoms with E-state index in [1.807, 2.05) is 30.3 Å². The van der Waals surface area contributed by atoms with Gasteiger partial charge in [0, 0.05) is 77.5 Å². The number of Topliss-reactive ketones (excluding diaryl/α,β-unsaturated/α-hetero) is 1. The van der Waals surface area contributed by atoms with Gasteiger partial charge in [-0.3, -0.25) is 19.6 Å². The zero-order valence-corrected chi connectivity index (χ0v) is 22.2. The number of ketones is 1. The van der Waals surface area contributed by atoms with Gasteiger partial charge in [0.1, 0.15) is 12.4 Å². The molecule has 6 rings (SSSR count). The van der Waals surface area contributed by atoms with Crippen LogP contribution in [0.25, 0.3) is 0 Å². The van der Waals surface area contributed by atoms with Crippen LogP contribution < -0.4 is 0 Å². The maximum absolute atomic E-state index is 13.6. The van der Waals surface area contributed by atoms with E-state index in [-0.39, 0.29) is 30.1 Å². The molecule has 0 aliphatic carbocycles. The van der Waals surface area contributed by atoms with Crippen molar-refractivity contribution < 1.29 is 9.59 Å². The average molecular weight is 518 g/mol. The zero-order valence-electron chi connectivity index (χ0n) is 21.5. The minimum absolute atomic E-state index is 0.0132. The molecule has 192 valence electrons. The van der Waals surface area contributed by atoms with Crippen molar-refractivity contribution in [3.63, 3.8) is 0 Å². The smallest absolute Gasteiger partial charge is 0.223 e. The van der Waals surface area contributed by atoms with E-state index in [0.717, 1.165) is 65.5 Å². The summed E-state index contributed by atoms with van der Waals surface area (Å²) in [6, 6.07) is 2.09. The molecule has 1 fully saturated rings. The SMILES string of the molecule is CCc1cnc2n1Cc1c(cc(Cl)c3c1C=NC3)C[C@H]2CC(=O)N1CCC(C2=CC(C)=NCC2=O)CC1. The standard InChI is InChI=1S/C29H32ClN5O2/c1-3-21-12-33-29-20(9-19-10-26(30)24-14-31-13-23(24)25(19)16-35(21)29)11-28(37)34-6-4-18(5-7-34)22-8-17(2)32-15-27(22)36/h8,10,12-13,18,20H,3-7,9,11,14-16H2,1-2H3/t20-/m0/s1. The topological polar surface area (TPSA) is 79.9 Å². The molecule has 8 heteroatoms. The van der Waals surface area contributed by atoms with Crippen LogP contribution in [0.5, 0.6) is 0 Å². The molecule has 4 aliphatic heterocycles. The Hall–Kier alpha value is -3.06. The van der Waals surface area contributed by atoms with Gasteiger partial charge in [0.25, 0.3) is 0 Å². The third-order valence-corrected chi connectivity index (χ3v) is 8.78. The molecule has 0 spiro atoms. The number of aryl methyl sites for hydroxylation is 1. The van der Waals surface area contributed by atoms with E-state index >= 15 is 0 Å². The maximum Gasteiger partial charge on any atom is 0.223 e. The van der Waals surface area contributed by atoms with Crippen molar-refractivity contribution in [3.05, 3.63) is 62.7 Å². The second kappa shape index (κ2) is 9.67. The van der Waals surface area contributed by atoms with Gasteiger partial charge in [-0.1, -0.05) is 18.5 Å². The summed E-state index contributed by atoms with van der Waals surface area (Å²) in [5.74, 6) is 1.48. The zero-order chi connectivity index (χ0) is 25.7. The number of aromatic nitrogens is 2. The number of carbonyl (C=O) groups is 2. The van der Waals surface area contributed by atoms with Crippen LogP contribution in [0.15, 0.2) is 33.9 Å². The lowest BCUT2D eigenvalue weighted by atomic mass is 9.84. The molecule has 5 heterocycles. The number of imidazole rings is 1. The lowest BCUT2D eigenvalue weighted by Crippen LogP contribution is -2.40. The highest BCUT2D eigenvalue weighted by Crippen LogP contribution is 2.38. The first-order valence-corrected chi connectivity index (χ1v) is 13.7. The first-order chi connectivity index (χ1) is 17.9. The number of benzene rings is 1. The second-order valence-electron chi connectivity index (χ2n) is 10.6. The minimum atomic E-state index is -0.0132. The van der Waals surface area contributed by atoms with E-state index in [0.29, 0.717) is 26.1 Å². The third-order valence-electron chi connectivity index (χ3n) is 8.44. The van der Waals surface area contributed by atoms with Gasteiger partial charge in [0.2, 0.25) is 5.91 Å². The lowest BCUT2D eigenvalue weighted by molar-refractivity contribution is -0.132. The molecule has 0 unspecified atom stereocenters.